The molecule has 0 spiro atoms. The number of methoxy groups -OCH3 is 1. The van der Waals surface area contributed by atoms with E-state index in [0.717, 1.165) is 6.54 Å². The van der Waals surface area contributed by atoms with Crippen LogP contribution in [0.5, 0.6) is 0 Å². The largest absolute Gasteiger partial charge is 0.481 e. The van der Waals surface area contributed by atoms with Gasteiger partial charge in [-0.05, 0) is 27.2 Å². The standard InChI is InChI=1S/C11H23NO3/c1-9(2)12(7-8-15-4)10(3)5-6-11(13)14/h9-10H,5-8H2,1-4H3,(H,13,14). The Kier molecular flexibility index (Phi) is 7.34. The minimum atomic E-state index is -0.725. The monoisotopic (exact) mass is 217 g/mol. The van der Waals surface area contributed by atoms with E-state index in [2.05, 4.69) is 25.7 Å². The maximum atomic E-state index is 10.5. The van der Waals surface area contributed by atoms with Crippen molar-refractivity contribution in [3.8, 4) is 0 Å². The van der Waals surface area contributed by atoms with Crippen molar-refractivity contribution in [2.24, 2.45) is 0 Å². The van der Waals surface area contributed by atoms with Crippen molar-refractivity contribution in [1.82, 2.24) is 4.90 Å². The summed E-state index contributed by atoms with van der Waals surface area (Å²) in [7, 11) is 1.68. The molecule has 0 saturated heterocycles. The third kappa shape index (κ3) is 6.47. The van der Waals surface area contributed by atoms with Crippen molar-refractivity contribution in [3.05, 3.63) is 0 Å². The summed E-state index contributed by atoms with van der Waals surface area (Å²) in [5.74, 6) is -0.725. The molecule has 0 bridgehead atoms. The van der Waals surface area contributed by atoms with Crippen LogP contribution in [0.1, 0.15) is 33.6 Å². The number of carboxylic acid groups (broad SMARTS) is 1. The van der Waals surface area contributed by atoms with E-state index in [1.54, 1.807) is 7.11 Å². The molecule has 1 N–H and O–H groups in total. The van der Waals surface area contributed by atoms with Crippen LogP contribution in [-0.2, 0) is 9.53 Å². The highest BCUT2D eigenvalue weighted by atomic mass is 16.5. The van der Waals surface area contributed by atoms with Crippen LogP contribution in [0.25, 0.3) is 0 Å². The summed E-state index contributed by atoms with van der Waals surface area (Å²) in [5.41, 5.74) is 0. The topological polar surface area (TPSA) is 49.8 Å². The van der Waals surface area contributed by atoms with Gasteiger partial charge in [0.05, 0.1) is 6.61 Å². The SMILES string of the molecule is COCCN(C(C)C)C(C)CCC(=O)O. The van der Waals surface area contributed by atoms with Crippen molar-refractivity contribution >= 4 is 5.97 Å². The molecule has 0 rings (SSSR count). The van der Waals surface area contributed by atoms with Crippen LogP contribution in [0.2, 0.25) is 0 Å². The van der Waals surface area contributed by atoms with Gasteiger partial charge in [-0.15, -0.1) is 0 Å². The van der Waals surface area contributed by atoms with E-state index in [1.807, 2.05) is 0 Å². The summed E-state index contributed by atoms with van der Waals surface area (Å²) < 4.78 is 5.04. The molecule has 0 aromatic heterocycles. The van der Waals surface area contributed by atoms with E-state index in [-0.39, 0.29) is 12.5 Å². The Hall–Kier alpha value is -0.610. The fourth-order valence-corrected chi connectivity index (χ4v) is 1.68. The number of hydrogen-bond acceptors (Lipinski definition) is 3. The molecule has 1 unspecified atom stereocenters. The molecular weight excluding hydrogens is 194 g/mol. The van der Waals surface area contributed by atoms with Gasteiger partial charge < -0.3 is 9.84 Å². The molecule has 90 valence electrons. The number of carbonyl (C=O) groups is 1. The highest BCUT2D eigenvalue weighted by Crippen LogP contribution is 2.10. The second-order valence-electron chi connectivity index (χ2n) is 4.11. The van der Waals surface area contributed by atoms with E-state index >= 15 is 0 Å². The summed E-state index contributed by atoms with van der Waals surface area (Å²) in [6.45, 7) is 7.85. The van der Waals surface area contributed by atoms with Gasteiger partial charge in [-0.1, -0.05) is 0 Å². The van der Waals surface area contributed by atoms with Gasteiger partial charge in [0, 0.05) is 32.2 Å². The molecule has 0 amide bonds. The molecular formula is C11H23NO3. The van der Waals surface area contributed by atoms with Crippen LogP contribution in [0.3, 0.4) is 0 Å². The van der Waals surface area contributed by atoms with Crippen molar-refractivity contribution in [2.75, 3.05) is 20.3 Å². The van der Waals surface area contributed by atoms with Crippen molar-refractivity contribution in [2.45, 2.75) is 45.7 Å². The lowest BCUT2D eigenvalue weighted by Crippen LogP contribution is -2.41. The van der Waals surface area contributed by atoms with Gasteiger partial charge in [-0.25, -0.2) is 0 Å². The fourth-order valence-electron chi connectivity index (χ4n) is 1.68. The number of nitrogens with zero attached hydrogens (tertiary/aromatic N) is 1. The van der Waals surface area contributed by atoms with Gasteiger partial charge in [0.2, 0.25) is 0 Å². The van der Waals surface area contributed by atoms with E-state index in [4.69, 9.17) is 9.84 Å². The number of hydrogen-bond donors (Lipinski definition) is 1. The Morgan fingerprint density at radius 1 is 1.40 bits per heavy atom. The second-order valence-corrected chi connectivity index (χ2v) is 4.11. The molecule has 0 heterocycles. The summed E-state index contributed by atoms with van der Waals surface area (Å²) in [4.78, 5) is 12.7. The van der Waals surface area contributed by atoms with Gasteiger partial charge in [-0.3, -0.25) is 9.69 Å². The summed E-state index contributed by atoms with van der Waals surface area (Å²) >= 11 is 0. The first kappa shape index (κ1) is 14.4. The lowest BCUT2D eigenvalue weighted by Gasteiger charge is -2.32. The molecule has 0 aliphatic carbocycles. The maximum Gasteiger partial charge on any atom is 0.303 e. The Morgan fingerprint density at radius 2 is 2.00 bits per heavy atom. The molecule has 4 heteroatoms. The normalized spacial score (nSPS) is 13.5. The average Bonchev–Trinajstić information content (AvgIpc) is 2.14. The Balaban J connectivity index is 4.03. The highest BCUT2D eigenvalue weighted by Gasteiger charge is 2.17. The van der Waals surface area contributed by atoms with Gasteiger partial charge >= 0.3 is 5.97 Å². The second kappa shape index (κ2) is 7.65. The van der Waals surface area contributed by atoms with Crippen LogP contribution < -0.4 is 0 Å². The van der Waals surface area contributed by atoms with Crippen LogP contribution in [0.15, 0.2) is 0 Å². The minimum absolute atomic E-state index is 0.234. The molecule has 0 saturated carbocycles. The van der Waals surface area contributed by atoms with Gasteiger partial charge in [0.15, 0.2) is 0 Å². The summed E-state index contributed by atoms with van der Waals surface area (Å²) in [5, 5.41) is 8.62. The van der Waals surface area contributed by atoms with Gasteiger partial charge in [0.25, 0.3) is 0 Å². The first-order chi connectivity index (χ1) is 6.99. The molecule has 0 fully saturated rings. The molecule has 1 atom stereocenters. The van der Waals surface area contributed by atoms with Gasteiger partial charge in [0.1, 0.15) is 0 Å². The number of aliphatic carboxylic acids is 1. The summed E-state index contributed by atoms with van der Waals surface area (Å²) in [6, 6.07) is 0.709. The molecule has 0 radical (unpaired) electrons. The zero-order valence-electron chi connectivity index (χ0n) is 10.2. The quantitative estimate of drug-likeness (QED) is 0.671. The maximum absolute atomic E-state index is 10.5. The number of rotatable bonds is 8. The van der Waals surface area contributed by atoms with Crippen LogP contribution >= 0.6 is 0 Å². The Bertz CT molecular complexity index is 183. The van der Waals surface area contributed by atoms with Gasteiger partial charge in [-0.2, -0.15) is 0 Å². The third-order valence-electron chi connectivity index (χ3n) is 2.56. The van der Waals surface area contributed by atoms with Crippen molar-refractivity contribution in [1.29, 1.82) is 0 Å². The van der Waals surface area contributed by atoms with Crippen LogP contribution in [0, 0.1) is 0 Å². The van der Waals surface area contributed by atoms with Crippen LogP contribution in [-0.4, -0.2) is 48.3 Å². The highest BCUT2D eigenvalue weighted by molar-refractivity contribution is 5.66. The first-order valence-corrected chi connectivity index (χ1v) is 5.45. The van der Waals surface area contributed by atoms with Crippen molar-refractivity contribution < 1.29 is 14.6 Å². The minimum Gasteiger partial charge on any atom is -0.481 e. The fraction of sp³-hybridized carbons (Fsp3) is 0.909. The Morgan fingerprint density at radius 3 is 2.40 bits per heavy atom. The zero-order valence-corrected chi connectivity index (χ0v) is 10.2. The zero-order chi connectivity index (χ0) is 11.8. The van der Waals surface area contributed by atoms with E-state index < -0.39 is 5.97 Å². The van der Waals surface area contributed by atoms with E-state index in [0.29, 0.717) is 19.1 Å². The lowest BCUT2D eigenvalue weighted by atomic mass is 10.1. The number of carboxylic acids is 1. The van der Waals surface area contributed by atoms with E-state index in [9.17, 15) is 4.79 Å². The molecule has 0 aromatic rings. The molecule has 0 aliphatic heterocycles. The van der Waals surface area contributed by atoms with Crippen LogP contribution in [0.4, 0.5) is 0 Å². The van der Waals surface area contributed by atoms with Crippen molar-refractivity contribution in [3.63, 3.8) is 0 Å². The molecule has 15 heavy (non-hydrogen) atoms. The molecule has 0 aromatic carbocycles. The lowest BCUT2D eigenvalue weighted by molar-refractivity contribution is -0.137. The molecule has 0 aliphatic rings. The first-order valence-electron chi connectivity index (χ1n) is 5.45. The molecule has 4 nitrogen and oxygen atoms in total. The average molecular weight is 217 g/mol. The Labute approximate surface area is 92.2 Å². The predicted octanol–water partition coefficient (Wildman–Crippen LogP) is 1.60. The van der Waals surface area contributed by atoms with E-state index in [1.165, 1.54) is 0 Å². The number of ether oxygens (including phenoxy) is 1. The third-order valence-corrected chi connectivity index (χ3v) is 2.56. The summed E-state index contributed by atoms with van der Waals surface area (Å²) in [6.07, 6.45) is 0.925. The predicted molar refractivity (Wildman–Crippen MR) is 60.0 cm³/mol. The smallest absolute Gasteiger partial charge is 0.303 e.